The van der Waals surface area contributed by atoms with Crippen LogP contribution in [0.5, 0.6) is 0 Å². The number of rotatable bonds is 10. The molecule has 0 aromatic rings. The number of amides is 2. The number of carbonyl (C=O) groups excluding carboxylic acids is 3. The zero-order valence-electron chi connectivity index (χ0n) is 13.1. The molecule has 0 heterocycles. The molecule has 0 bridgehead atoms. The van der Waals surface area contributed by atoms with Gasteiger partial charge in [-0.15, -0.1) is 0 Å². The predicted molar refractivity (Wildman–Crippen MR) is 84.3 cm³/mol. The second-order valence-electron chi connectivity index (χ2n) is 4.55. The van der Waals surface area contributed by atoms with Gasteiger partial charge in [0.25, 0.3) is 0 Å². The van der Waals surface area contributed by atoms with Crippen LogP contribution in [0.3, 0.4) is 0 Å². The highest BCUT2D eigenvalue weighted by molar-refractivity contribution is 5.95. The van der Waals surface area contributed by atoms with Gasteiger partial charge in [-0.2, -0.15) is 0 Å². The van der Waals surface area contributed by atoms with E-state index in [2.05, 4.69) is 18.4 Å². The van der Waals surface area contributed by atoms with Crippen LogP contribution in [0.2, 0.25) is 0 Å². The van der Waals surface area contributed by atoms with Gasteiger partial charge >= 0.3 is 5.97 Å². The highest BCUT2D eigenvalue weighted by Gasteiger charge is 2.13. The molecule has 0 aliphatic carbocycles. The first-order chi connectivity index (χ1) is 10.3. The number of unbranched alkanes of at least 4 members (excludes halogenated alkanes) is 2. The summed E-state index contributed by atoms with van der Waals surface area (Å²) >= 11 is 0. The van der Waals surface area contributed by atoms with E-state index >= 15 is 0 Å². The molecule has 0 rings (SSSR count). The van der Waals surface area contributed by atoms with Gasteiger partial charge in [0.15, 0.2) is 0 Å². The van der Waals surface area contributed by atoms with Crippen molar-refractivity contribution in [2.24, 2.45) is 22.9 Å². The summed E-state index contributed by atoms with van der Waals surface area (Å²) in [5, 5.41) is 0. The van der Waals surface area contributed by atoms with Gasteiger partial charge in [0.05, 0.1) is 6.61 Å². The maximum Gasteiger partial charge on any atom is 0.322 e. The fourth-order valence-electron chi connectivity index (χ4n) is 1.21. The molecule has 0 aromatic heterocycles. The van der Waals surface area contributed by atoms with E-state index in [1.54, 1.807) is 0 Å². The minimum atomic E-state index is -0.677. The van der Waals surface area contributed by atoms with E-state index in [1.165, 1.54) is 0 Å². The van der Waals surface area contributed by atoms with Crippen LogP contribution in [-0.4, -0.2) is 37.0 Å². The molecule has 8 N–H and O–H groups in total. The van der Waals surface area contributed by atoms with Gasteiger partial charge in [-0.1, -0.05) is 19.8 Å². The summed E-state index contributed by atoms with van der Waals surface area (Å²) in [5.41, 5.74) is 20.2. The summed E-state index contributed by atoms with van der Waals surface area (Å²) in [5.74, 6) is -1.64. The Morgan fingerprint density at radius 1 is 1.05 bits per heavy atom. The summed E-state index contributed by atoms with van der Waals surface area (Å²) in [7, 11) is 0. The molecule has 128 valence electrons. The van der Waals surface area contributed by atoms with Crippen LogP contribution in [-0.2, 0) is 19.1 Å². The van der Waals surface area contributed by atoms with E-state index in [0.29, 0.717) is 19.6 Å². The number of hydrogen-bond acceptors (Lipinski definition) is 6. The standard InChI is InChI=1S/C10H22N2O2.C4H6N2O2/c1-2-3-8-14-10(13)9(12)6-4-5-7-11;5-3(7)1-2-4(6)8/h9H,2-8,11-12H2,1H3;1-2H,(H2,5,7)(H2,6,8)/b;2-1+. The second-order valence-corrected chi connectivity index (χ2v) is 4.55. The topological polar surface area (TPSA) is 165 Å². The largest absolute Gasteiger partial charge is 0.465 e. The van der Waals surface area contributed by atoms with Crippen molar-refractivity contribution in [3.8, 4) is 0 Å². The number of primary amides is 2. The van der Waals surface area contributed by atoms with E-state index in [0.717, 1.165) is 37.8 Å². The van der Waals surface area contributed by atoms with E-state index in [1.807, 2.05) is 0 Å². The third-order valence-electron chi connectivity index (χ3n) is 2.43. The zero-order valence-corrected chi connectivity index (χ0v) is 13.1. The third kappa shape index (κ3) is 18.1. The van der Waals surface area contributed by atoms with Gasteiger partial charge in [-0.05, 0) is 25.8 Å². The van der Waals surface area contributed by atoms with Crippen LogP contribution in [0.15, 0.2) is 12.2 Å². The normalized spacial score (nSPS) is 11.4. The van der Waals surface area contributed by atoms with Crippen LogP contribution in [0.4, 0.5) is 0 Å². The van der Waals surface area contributed by atoms with Crippen molar-refractivity contribution in [3.63, 3.8) is 0 Å². The Kier molecular flexibility index (Phi) is 15.7. The van der Waals surface area contributed by atoms with Gasteiger partial charge in [-0.25, -0.2) is 0 Å². The molecular formula is C14H28N4O4. The molecule has 0 fully saturated rings. The Bertz CT molecular complexity index is 343. The predicted octanol–water partition coefficient (Wildman–Crippen LogP) is -0.701. The van der Waals surface area contributed by atoms with Gasteiger partial charge in [0, 0.05) is 12.2 Å². The summed E-state index contributed by atoms with van der Waals surface area (Å²) in [4.78, 5) is 30.9. The number of esters is 1. The molecule has 8 nitrogen and oxygen atoms in total. The Hall–Kier alpha value is -1.93. The highest BCUT2D eigenvalue weighted by Crippen LogP contribution is 2.00. The van der Waals surface area contributed by atoms with E-state index in [4.69, 9.17) is 16.2 Å². The van der Waals surface area contributed by atoms with Crippen molar-refractivity contribution in [2.45, 2.75) is 45.1 Å². The monoisotopic (exact) mass is 316 g/mol. The molecule has 1 unspecified atom stereocenters. The zero-order chi connectivity index (χ0) is 17.4. The summed E-state index contributed by atoms with van der Waals surface area (Å²) < 4.78 is 4.98. The SMILES string of the molecule is CCCCOC(=O)C(N)CCCCN.NC(=O)/C=C/C(N)=O. The molecule has 0 spiro atoms. The van der Waals surface area contributed by atoms with E-state index in [9.17, 15) is 14.4 Å². The molecule has 1 atom stereocenters. The average molecular weight is 316 g/mol. The highest BCUT2D eigenvalue weighted by atomic mass is 16.5. The molecule has 2 amide bonds. The molecular weight excluding hydrogens is 288 g/mol. The summed E-state index contributed by atoms with van der Waals surface area (Å²) in [6.45, 7) is 3.19. The number of hydrogen-bond donors (Lipinski definition) is 4. The maximum atomic E-state index is 11.2. The fraction of sp³-hybridized carbons (Fsp3) is 0.643. The van der Waals surface area contributed by atoms with Crippen LogP contribution in [0.25, 0.3) is 0 Å². The third-order valence-corrected chi connectivity index (χ3v) is 2.43. The Morgan fingerprint density at radius 2 is 1.59 bits per heavy atom. The Labute approximate surface area is 131 Å². The van der Waals surface area contributed by atoms with Crippen molar-refractivity contribution in [1.82, 2.24) is 0 Å². The van der Waals surface area contributed by atoms with Crippen LogP contribution >= 0.6 is 0 Å². The lowest BCUT2D eigenvalue weighted by molar-refractivity contribution is -0.145. The molecule has 22 heavy (non-hydrogen) atoms. The number of nitrogens with two attached hydrogens (primary N) is 4. The van der Waals surface area contributed by atoms with Crippen LogP contribution in [0.1, 0.15) is 39.0 Å². The summed E-state index contributed by atoms with van der Waals surface area (Å²) in [6.07, 6.45) is 6.21. The van der Waals surface area contributed by atoms with Crippen molar-refractivity contribution in [2.75, 3.05) is 13.2 Å². The molecule has 8 heteroatoms. The van der Waals surface area contributed by atoms with Gasteiger partial charge in [0.1, 0.15) is 6.04 Å². The lowest BCUT2D eigenvalue weighted by atomic mass is 10.1. The number of carbonyl (C=O) groups is 3. The Morgan fingerprint density at radius 3 is 2.00 bits per heavy atom. The minimum Gasteiger partial charge on any atom is -0.465 e. The van der Waals surface area contributed by atoms with Crippen molar-refractivity contribution >= 4 is 17.8 Å². The van der Waals surface area contributed by atoms with Crippen LogP contribution < -0.4 is 22.9 Å². The lowest BCUT2D eigenvalue weighted by Gasteiger charge is -2.10. The van der Waals surface area contributed by atoms with Gasteiger partial charge in [0.2, 0.25) is 11.8 Å². The number of ether oxygens (including phenoxy) is 1. The fourth-order valence-corrected chi connectivity index (χ4v) is 1.21. The van der Waals surface area contributed by atoms with E-state index < -0.39 is 17.9 Å². The minimum absolute atomic E-state index is 0.282. The van der Waals surface area contributed by atoms with E-state index in [-0.39, 0.29) is 5.97 Å². The second kappa shape index (κ2) is 15.5. The summed E-state index contributed by atoms with van der Waals surface area (Å²) in [6, 6.07) is -0.474. The molecule has 0 saturated heterocycles. The molecule has 0 saturated carbocycles. The van der Waals surface area contributed by atoms with Crippen molar-refractivity contribution in [1.29, 1.82) is 0 Å². The quantitative estimate of drug-likeness (QED) is 0.236. The van der Waals surface area contributed by atoms with Gasteiger partial charge in [-0.3, -0.25) is 14.4 Å². The maximum absolute atomic E-state index is 11.2. The first-order valence-corrected chi connectivity index (χ1v) is 7.24. The Balaban J connectivity index is 0. The lowest BCUT2D eigenvalue weighted by Crippen LogP contribution is -2.32. The van der Waals surface area contributed by atoms with Crippen LogP contribution in [0, 0.1) is 0 Å². The average Bonchev–Trinajstić information content (AvgIpc) is 2.46. The first-order valence-electron chi connectivity index (χ1n) is 7.24. The molecule has 0 aliphatic heterocycles. The first kappa shape index (κ1) is 22.4. The van der Waals surface area contributed by atoms with Gasteiger partial charge < -0.3 is 27.7 Å². The molecule has 0 radical (unpaired) electrons. The van der Waals surface area contributed by atoms with Crippen molar-refractivity contribution in [3.05, 3.63) is 12.2 Å². The van der Waals surface area contributed by atoms with Crippen molar-refractivity contribution < 1.29 is 19.1 Å². The molecule has 0 aromatic carbocycles. The smallest absolute Gasteiger partial charge is 0.322 e. The molecule has 0 aliphatic rings.